The maximum absolute atomic E-state index is 12.1. The van der Waals surface area contributed by atoms with Crippen molar-refractivity contribution in [3.8, 4) is 0 Å². The van der Waals surface area contributed by atoms with Crippen molar-refractivity contribution in [1.29, 1.82) is 0 Å². The third-order valence-corrected chi connectivity index (χ3v) is 6.05. The summed E-state index contributed by atoms with van der Waals surface area (Å²) in [4.78, 5) is 11.8. The lowest BCUT2D eigenvalue weighted by Crippen LogP contribution is -2.50. The van der Waals surface area contributed by atoms with Gasteiger partial charge in [0.2, 0.25) is 15.9 Å². The van der Waals surface area contributed by atoms with Crippen LogP contribution in [0.1, 0.15) is 20.8 Å². The molecule has 0 aromatic heterocycles. The van der Waals surface area contributed by atoms with Crippen LogP contribution in [0.2, 0.25) is 0 Å². The van der Waals surface area contributed by atoms with Gasteiger partial charge in [-0.05, 0) is 5.41 Å². The number of nitrogens with two attached hydrogens (primary N) is 1. The molecule has 1 aliphatic heterocycles. The van der Waals surface area contributed by atoms with E-state index in [1.807, 2.05) is 20.8 Å². The molecule has 1 atom stereocenters. The second kappa shape index (κ2) is 8.57. The van der Waals surface area contributed by atoms with E-state index in [0.29, 0.717) is 13.1 Å². The summed E-state index contributed by atoms with van der Waals surface area (Å²) in [5, 5.41) is 2.61. The molecule has 0 radical (unpaired) electrons. The molecule has 126 valence electrons. The lowest BCUT2D eigenvalue weighted by molar-refractivity contribution is -0.124. The smallest absolute Gasteiger partial charge is 0.237 e. The van der Waals surface area contributed by atoms with Gasteiger partial charge >= 0.3 is 0 Å². The fraction of sp³-hybridized carbons (Fsp3) is 0.917. The molecule has 1 heterocycles. The van der Waals surface area contributed by atoms with Crippen LogP contribution in [0.15, 0.2) is 0 Å². The Bertz CT molecular complexity index is 432. The standard InChI is InChI=1S/C12H25N3O3S2.ClH/c1-12(2,3)10(13)11(16)14-4-9-20(17,18)15-5-7-19-8-6-15;/h10H,4-9,13H2,1-3H3,(H,14,16);1H/t10-;/m1./s1. The van der Waals surface area contributed by atoms with Crippen molar-refractivity contribution in [2.45, 2.75) is 26.8 Å². The van der Waals surface area contributed by atoms with Gasteiger partial charge in [-0.15, -0.1) is 12.4 Å². The zero-order valence-corrected chi connectivity index (χ0v) is 15.2. The van der Waals surface area contributed by atoms with E-state index >= 15 is 0 Å². The van der Waals surface area contributed by atoms with E-state index in [2.05, 4.69) is 5.32 Å². The van der Waals surface area contributed by atoms with Gasteiger partial charge in [-0.25, -0.2) is 12.7 Å². The molecule has 3 N–H and O–H groups in total. The normalized spacial score (nSPS) is 18.7. The van der Waals surface area contributed by atoms with Gasteiger partial charge in [-0.3, -0.25) is 4.79 Å². The van der Waals surface area contributed by atoms with Crippen molar-refractivity contribution in [3.05, 3.63) is 0 Å². The molecule has 0 saturated carbocycles. The Morgan fingerprint density at radius 3 is 2.33 bits per heavy atom. The van der Waals surface area contributed by atoms with Crippen LogP contribution < -0.4 is 11.1 Å². The van der Waals surface area contributed by atoms with Crippen molar-refractivity contribution >= 4 is 40.1 Å². The van der Waals surface area contributed by atoms with Crippen molar-refractivity contribution in [2.75, 3.05) is 36.9 Å². The van der Waals surface area contributed by atoms with E-state index in [1.54, 1.807) is 11.8 Å². The fourth-order valence-electron chi connectivity index (χ4n) is 1.76. The Kier molecular flexibility index (Phi) is 8.56. The highest BCUT2D eigenvalue weighted by molar-refractivity contribution is 7.99. The second-order valence-corrected chi connectivity index (χ2v) is 9.28. The highest BCUT2D eigenvalue weighted by Gasteiger charge is 2.28. The first-order valence-corrected chi connectivity index (χ1v) is 9.50. The van der Waals surface area contributed by atoms with E-state index < -0.39 is 16.1 Å². The summed E-state index contributed by atoms with van der Waals surface area (Å²) in [6.45, 7) is 6.84. The Morgan fingerprint density at radius 1 is 1.33 bits per heavy atom. The largest absolute Gasteiger partial charge is 0.354 e. The van der Waals surface area contributed by atoms with Gasteiger partial charge in [0, 0.05) is 31.1 Å². The molecule has 1 aliphatic rings. The molecule has 1 fully saturated rings. The van der Waals surface area contributed by atoms with Crippen molar-refractivity contribution in [1.82, 2.24) is 9.62 Å². The summed E-state index contributed by atoms with van der Waals surface area (Å²) in [5.74, 6) is 1.29. The molecular formula is C12H26ClN3O3S2. The Labute approximate surface area is 138 Å². The number of sulfonamides is 1. The molecule has 1 amide bonds. The topological polar surface area (TPSA) is 92.5 Å². The second-order valence-electron chi connectivity index (χ2n) is 5.96. The minimum atomic E-state index is -3.28. The van der Waals surface area contributed by atoms with Gasteiger partial charge in [0.1, 0.15) is 0 Å². The predicted molar refractivity (Wildman–Crippen MR) is 90.4 cm³/mol. The summed E-state index contributed by atoms with van der Waals surface area (Å²) < 4.78 is 25.6. The molecule has 0 aromatic rings. The van der Waals surface area contributed by atoms with Gasteiger partial charge < -0.3 is 11.1 Å². The molecule has 0 bridgehead atoms. The highest BCUT2D eigenvalue weighted by atomic mass is 35.5. The summed E-state index contributed by atoms with van der Waals surface area (Å²) >= 11 is 1.76. The number of rotatable bonds is 5. The molecule has 21 heavy (non-hydrogen) atoms. The summed E-state index contributed by atoms with van der Waals surface area (Å²) in [6, 6.07) is -0.642. The molecule has 0 aliphatic carbocycles. The maximum Gasteiger partial charge on any atom is 0.237 e. The number of hydrogen-bond donors (Lipinski definition) is 2. The lowest BCUT2D eigenvalue weighted by atomic mass is 9.87. The number of nitrogens with one attached hydrogen (secondary N) is 1. The molecule has 1 saturated heterocycles. The summed E-state index contributed by atoms with van der Waals surface area (Å²) in [7, 11) is -3.28. The molecule has 6 nitrogen and oxygen atoms in total. The molecule has 0 spiro atoms. The SMILES string of the molecule is CC(C)(C)[C@H](N)C(=O)NCCS(=O)(=O)N1CCSCC1.Cl. The number of thioether (sulfide) groups is 1. The van der Waals surface area contributed by atoms with Crippen LogP contribution in [-0.4, -0.2) is 61.6 Å². The number of amides is 1. The van der Waals surface area contributed by atoms with Gasteiger partial charge in [0.25, 0.3) is 0 Å². The van der Waals surface area contributed by atoms with Crippen LogP contribution in [0.4, 0.5) is 0 Å². The Morgan fingerprint density at radius 2 is 1.86 bits per heavy atom. The molecular weight excluding hydrogens is 334 g/mol. The lowest BCUT2D eigenvalue weighted by Gasteiger charge is -2.27. The third-order valence-electron chi connectivity index (χ3n) is 3.24. The maximum atomic E-state index is 12.1. The fourth-order valence-corrected chi connectivity index (χ4v) is 4.25. The molecule has 0 unspecified atom stereocenters. The number of nitrogens with zero attached hydrogens (tertiary/aromatic N) is 1. The average molecular weight is 360 g/mol. The number of carbonyl (C=O) groups excluding carboxylic acids is 1. The summed E-state index contributed by atoms with van der Waals surface area (Å²) in [5.41, 5.74) is 5.47. The monoisotopic (exact) mass is 359 g/mol. The van der Waals surface area contributed by atoms with Crippen molar-refractivity contribution < 1.29 is 13.2 Å². The van der Waals surface area contributed by atoms with Crippen LogP contribution in [0.3, 0.4) is 0 Å². The van der Waals surface area contributed by atoms with E-state index in [9.17, 15) is 13.2 Å². The average Bonchev–Trinajstić information content (AvgIpc) is 2.37. The van der Waals surface area contributed by atoms with Crippen molar-refractivity contribution in [3.63, 3.8) is 0 Å². The first-order chi connectivity index (χ1) is 9.14. The van der Waals surface area contributed by atoms with Crippen molar-refractivity contribution in [2.24, 2.45) is 11.1 Å². The van der Waals surface area contributed by atoms with E-state index in [0.717, 1.165) is 11.5 Å². The summed E-state index contributed by atoms with van der Waals surface area (Å²) in [6.07, 6.45) is 0. The molecule has 9 heteroatoms. The van der Waals surface area contributed by atoms with Crippen LogP contribution in [0, 0.1) is 5.41 Å². The number of halogens is 1. The van der Waals surface area contributed by atoms with Gasteiger partial charge in [-0.2, -0.15) is 11.8 Å². The number of hydrogen-bond acceptors (Lipinski definition) is 5. The molecule has 0 aromatic carbocycles. The minimum Gasteiger partial charge on any atom is -0.354 e. The zero-order valence-electron chi connectivity index (χ0n) is 12.8. The predicted octanol–water partition coefficient (Wildman–Crippen LogP) is 0.276. The zero-order chi connectivity index (χ0) is 15.4. The third kappa shape index (κ3) is 6.73. The van der Waals surface area contributed by atoms with Gasteiger partial charge in [0.05, 0.1) is 11.8 Å². The van der Waals surface area contributed by atoms with Gasteiger partial charge in [0.15, 0.2) is 0 Å². The first-order valence-electron chi connectivity index (χ1n) is 6.73. The highest BCUT2D eigenvalue weighted by Crippen LogP contribution is 2.17. The molecule has 1 rings (SSSR count). The quantitative estimate of drug-likeness (QED) is 0.735. The number of carbonyl (C=O) groups is 1. The van der Waals surface area contributed by atoms with E-state index in [1.165, 1.54) is 4.31 Å². The minimum absolute atomic E-state index is 0. The van der Waals surface area contributed by atoms with Crippen LogP contribution in [0.5, 0.6) is 0 Å². The van der Waals surface area contributed by atoms with Crippen LogP contribution in [0.25, 0.3) is 0 Å². The van der Waals surface area contributed by atoms with E-state index in [4.69, 9.17) is 5.73 Å². The van der Waals surface area contributed by atoms with Crippen LogP contribution >= 0.6 is 24.2 Å². The first kappa shape index (κ1) is 21.0. The Balaban J connectivity index is 0.00000400. The van der Waals surface area contributed by atoms with Gasteiger partial charge in [-0.1, -0.05) is 20.8 Å². The van der Waals surface area contributed by atoms with Crippen LogP contribution in [-0.2, 0) is 14.8 Å². The Hall–Kier alpha value is -0.0200. The van der Waals surface area contributed by atoms with E-state index in [-0.39, 0.29) is 36.0 Å².